The molecule has 1 aliphatic rings. The number of anilines is 1. The Labute approximate surface area is 189 Å². The number of thiazole rings is 1. The first kappa shape index (κ1) is 22.2. The molecule has 3 aromatic rings. The van der Waals surface area contributed by atoms with E-state index in [1.807, 2.05) is 0 Å². The molecule has 1 saturated heterocycles. The predicted molar refractivity (Wildman–Crippen MR) is 123 cm³/mol. The first-order valence-electron chi connectivity index (χ1n) is 10.1. The minimum atomic E-state index is -3.38. The number of nitro benzene ring substituents is 1. The van der Waals surface area contributed by atoms with Crippen LogP contribution in [0.1, 0.15) is 24.2 Å². The molecule has 2 aromatic carbocycles. The second-order valence-electron chi connectivity index (χ2n) is 7.80. The number of hydrogen-bond acceptors (Lipinski definition) is 8. The van der Waals surface area contributed by atoms with Crippen LogP contribution in [0.5, 0.6) is 0 Å². The van der Waals surface area contributed by atoms with Gasteiger partial charge in [-0.25, -0.2) is 13.4 Å². The van der Waals surface area contributed by atoms with Crippen molar-refractivity contribution in [3.8, 4) is 0 Å². The molecule has 1 amide bonds. The highest BCUT2D eigenvalue weighted by Crippen LogP contribution is 2.32. The van der Waals surface area contributed by atoms with Gasteiger partial charge in [-0.05, 0) is 44.2 Å². The molecule has 0 aliphatic carbocycles. The number of nitrogens with zero attached hydrogens (tertiary/aromatic N) is 4. The summed E-state index contributed by atoms with van der Waals surface area (Å²) in [6.45, 7) is 5.43. The molecule has 0 atom stereocenters. The average Bonchev–Trinajstić information content (AvgIpc) is 3.22. The van der Waals surface area contributed by atoms with Gasteiger partial charge in [-0.2, -0.15) is 0 Å². The van der Waals surface area contributed by atoms with Crippen molar-refractivity contribution in [1.29, 1.82) is 0 Å². The Morgan fingerprint density at radius 2 is 1.75 bits per heavy atom. The standard InChI is InChI=1S/C21H22N4O5S2/c1-14(2)32(29,30)17-6-3-15(4-7-17)20(26)23-9-11-24(12-10-23)21-22-18-8-5-16(25(27)28)13-19(18)31-21/h3-8,13-14H,9-12H2,1-2H3. The van der Waals surface area contributed by atoms with Crippen molar-refractivity contribution in [1.82, 2.24) is 9.88 Å². The molecule has 11 heteroatoms. The molecular formula is C21H22N4O5S2. The van der Waals surface area contributed by atoms with E-state index in [1.165, 1.54) is 35.6 Å². The molecule has 9 nitrogen and oxygen atoms in total. The van der Waals surface area contributed by atoms with Gasteiger partial charge in [0.2, 0.25) is 0 Å². The molecule has 0 bridgehead atoms. The fraction of sp³-hybridized carbons (Fsp3) is 0.333. The maximum Gasteiger partial charge on any atom is 0.270 e. The number of carbonyl (C=O) groups excluding carboxylic acids is 1. The van der Waals surface area contributed by atoms with Crippen LogP contribution < -0.4 is 4.90 Å². The molecule has 1 aliphatic heterocycles. The van der Waals surface area contributed by atoms with Crippen LogP contribution in [0.15, 0.2) is 47.4 Å². The third-order valence-electron chi connectivity index (χ3n) is 5.46. The zero-order valence-corrected chi connectivity index (χ0v) is 19.2. The summed E-state index contributed by atoms with van der Waals surface area (Å²) in [5, 5.41) is 11.2. The van der Waals surface area contributed by atoms with Gasteiger partial charge < -0.3 is 9.80 Å². The van der Waals surface area contributed by atoms with Crippen molar-refractivity contribution in [2.24, 2.45) is 0 Å². The van der Waals surface area contributed by atoms with Gasteiger partial charge in [0, 0.05) is 43.9 Å². The van der Waals surface area contributed by atoms with Crippen molar-refractivity contribution in [2.45, 2.75) is 24.0 Å². The summed E-state index contributed by atoms with van der Waals surface area (Å²) in [4.78, 5) is 32.0. The number of fused-ring (bicyclic) bond motifs is 1. The number of piperazine rings is 1. The quantitative estimate of drug-likeness (QED) is 0.411. The molecule has 32 heavy (non-hydrogen) atoms. The molecule has 0 unspecified atom stereocenters. The third kappa shape index (κ3) is 4.17. The Balaban J connectivity index is 1.43. The molecular weight excluding hydrogens is 452 g/mol. The van der Waals surface area contributed by atoms with Gasteiger partial charge in [0.25, 0.3) is 11.6 Å². The van der Waals surface area contributed by atoms with Gasteiger partial charge >= 0.3 is 0 Å². The summed E-state index contributed by atoms with van der Waals surface area (Å²) in [5.41, 5.74) is 1.20. The highest BCUT2D eigenvalue weighted by Gasteiger charge is 2.25. The normalized spacial score (nSPS) is 14.8. The lowest BCUT2D eigenvalue weighted by molar-refractivity contribution is -0.384. The van der Waals surface area contributed by atoms with Crippen LogP contribution in [0, 0.1) is 10.1 Å². The predicted octanol–water partition coefficient (Wildman–Crippen LogP) is 3.35. The molecule has 0 spiro atoms. The molecule has 0 saturated carbocycles. The third-order valence-corrected chi connectivity index (χ3v) is 8.71. The van der Waals surface area contributed by atoms with Crippen molar-refractivity contribution < 1.29 is 18.1 Å². The Kier molecular flexibility index (Phi) is 5.87. The van der Waals surface area contributed by atoms with Crippen molar-refractivity contribution in [2.75, 3.05) is 31.1 Å². The van der Waals surface area contributed by atoms with Crippen molar-refractivity contribution in [3.63, 3.8) is 0 Å². The van der Waals surface area contributed by atoms with Crippen molar-refractivity contribution >= 4 is 48.1 Å². The number of benzene rings is 2. The highest BCUT2D eigenvalue weighted by atomic mass is 32.2. The highest BCUT2D eigenvalue weighted by molar-refractivity contribution is 7.92. The van der Waals surface area contributed by atoms with E-state index in [0.717, 1.165) is 9.83 Å². The first-order chi connectivity index (χ1) is 15.2. The molecule has 168 valence electrons. The van der Waals surface area contributed by atoms with Gasteiger partial charge in [0.05, 0.1) is 25.3 Å². The van der Waals surface area contributed by atoms with E-state index in [9.17, 15) is 23.3 Å². The monoisotopic (exact) mass is 474 g/mol. The van der Waals surface area contributed by atoms with Crippen LogP contribution in [0.3, 0.4) is 0 Å². The van der Waals surface area contributed by atoms with Crippen molar-refractivity contribution in [3.05, 3.63) is 58.1 Å². The topological polar surface area (TPSA) is 114 Å². The number of sulfone groups is 1. The number of hydrogen-bond donors (Lipinski definition) is 0. The molecule has 1 aromatic heterocycles. The van der Waals surface area contributed by atoms with E-state index in [0.29, 0.717) is 37.3 Å². The van der Waals surface area contributed by atoms with Crippen LogP contribution in [0.2, 0.25) is 0 Å². The lowest BCUT2D eigenvalue weighted by atomic mass is 10.2. The van der Waals surface area contributed by atoms with E-state index in [1.54, 1.807) is 36.9 Å². The summed E-state index contributed by atoms with van der Waals surface area (Å²) >= 11 is 1.40. The minimum Gasteiger partial charge on any atom is -0.345 e. The SMILES string of the molecule is CC(C)S(=O)(=O)c1ccc(C(=O)N2CCN(c3nc4ccc([N+](=O)[O-])cc4s3)CC2)cc1. The molecule has 2 heterocycles. The van der Waals surface area contributed by atoms with E-state index in [4.69, 9.17) is 0 Å². The number of carbonyl (C=O) groups is 1. The second kappa shape index (κ2) is 8.47. The largest absolute Gasteiger partial charge is 0.345 e. The minimum absolute atomic E-state index is 0.0373. The zero-order chi connectivity index (χ0) is 23.0. The Morgan fingerprint density at radius 1 is 1.09 bits per heavy atom. The Bertz CT molecular complexity index is 1280. The molecule has 0 N–H and O–H groups in total. The zero-order valence-electron chi connectivity index (χ0n) is 17.6. The number of non-ortho nitro benzene ring substituents is 1. The van der Waals surface area contributed by atoms with E-state index in [2.05, 4.69) is 9.88 Å². The number of amides is 1. The number of rotatable bonds is 5. The smallest absolute Gasteiger partial charge is 0.270 e. The van der Waals surface area contributed by atoms with Crippen LogP contribution >= 0.6 is 11.3 Å². The summed E-state index contributed by atoms with van der Waals surface area (Å²) in [5.74, 6) is -0.141. The first-order valence-corrected chi connectivity index (χ1v) is 12.5. The molecule has 0 radical (unpaired) electrons. The van der Waals surface area contributed by atoms with Crippen LogP contribution in [-0.4, -0.2) is 60.6 Å². The fourth-order valence-corrected chi connectivity index (χ4v) is 5.60. The van der Waals surface area contributed by atoms with Crippen LogP contribution in [0.25, 0.3) is 10.2 Å². The van der Waals surface area contributed by atoms with Gasteiger partial charge in [0.1, 0.15) is 0 Å². The number of aromatic nitrogens is 1. The molecule has 1 fully saturated rings. The van der Waals surface area contributed by atoms with Gasteiger partial charge in [-0.3, -0.25) is 14.9 Å². The van der Waals surface area contributed by atoms with Gasteiger partial charge in [-0.1, -0.05) is 11.3 Å². The summed E-state index contributed by atoms with van der Waals surface area (Å²) in [6.07, 6.45) is 0. The second-order valence-corrected chi connectivity index (χ2v) is 11.3. The van der Waals surface area contributed by atoms with E-state index in [-0.39, 0.29) is 16.5 Å². The maximum absolute atomic E-state index is 12.9. The van der Waals surface area contributed by atoms with E-state index < -0.39 is 20.0 Å². The lowest BCUT2D eigenvalue weighted by Crippen LogP contribution is -2.48. The van der Waals surface area contributed by atoms with Crippen LogP contribution in [0.4, 0.5) is 10.8 Å². The number of nitro groups is 1. The average molecular weight is 475 g/mol. The fourth-order valence-electron chi connectivity index (χ4n) is 3.49. The maximum atomic E-state index is 12.9. The Hall–Kier alpha value is -3.05. The lowest BCUT2D eigenvalue weighted by Gasteiger charge is -2.34. The summed E-state index contributed by atoms with van der Waals surface area (Å²) < 4.78 is 25.3. The van der Waals surface area contributed by atoms with E-state index >= 15 is 0 Å². The van der Waals surface area contributed by atoms with Crippen LogP contribution in [-0.2, 0) is 9.84 Å². The summed E-state index contributed by atoms with van der Waals surface area (Å²) in [6, 6.07) is 10.7. The Morgan fingerprint density at radius 3 is 2.34 bits per heavy atom. The summed E-state index contributed by atoms with van der Waals surface area (Å²) in [7, 11) is -3.38. The van der Waals surface area contributed by atoms with Gasteiger partial charge in [0.15, 0.2) is 15.0 Å². The molecule has 4 rings (SSSR count). The van der Waals surface area contributed by atoms with Gasteiger partial charge in [-0.15, -0.1) is 0 Å².